The summed E-state index contributed by atoms with van der Waals surface area (Å²) < 4.78 is 0. The van der Waals surface area contributed by atoms with Crippen LogP contribution in [0.4, 0.5) is 16.4 Å². The lowest BCUT2D eigenvalue weighted by molar-refractivity contribution is 0.220. The Bertz CT molecular complexity index is 682. The fourth-order valence-electron chi connectivity index (χ4n) is 2.48. The summed E-state index contributed by atoms with van der Waals surface area (Å²) in [7, 11) is 3.53. The van der Waals surface area contributed by atoms with Crippen molar-refractivity contribution in [2.45, 2.75) is 25.3 Å². The number of urea groups is 1. The van der Waals surface area contributed by atoms with E-state index in [2.05, 4.69) is 26.7 Å². The zero-order chi connectivity index (χ0) is 16.2. The van der Waals surface area contributed by atoms with Crippen LogP contribution in [0.3, 0.4) is 0 Å². The minimum atomic E-state index is -0.129. The van der Waals surface area contributed by atoms with Gasteiger partial charge in [-0.25, -0.2) is 14.8 Å². The molecule has 2 aromatic rings. The Kier molecular flexibility index (Phi) is 4.41. The molecule has 0 spiro atoms. The van der Waals surface area contributed by atoms with Gasteiger partial charge in [0, 0.05) is 37.7 Å². The molecule has 0 atom stereocenters. The molecule has 1 saturated carbocycles. The molecule has 0 saturated heterocycles. The van der Waals surface area contributed by atoms with E-state index in [1.165, 1.54) is 18.4 Å². The van der Waals surface area contributed by atoms with Crippen LogP contribution >= 0.6 is 0 Å². The zero-order valence-corrected chi connectivity index (χ0v) is 13.4. The van der Waals surface area contributed by atoms with E-state index in [0.717, 1.165) is 11.3 Å². The van der Waals surface area contributed by atoms with Crippen LogP contribution in [0.15, 0.2) is 36.7 Å². The van der Waals surface area contributed by atoms with Crippen LogP contribution in [0, 0.1) is 0 Å². The number of hydrogen-bond donors (Lipinski definition) is 2. The first-order valence-electron chi connectivity index (χ1n) is 7.77. The molecule has 0 aliphatic heterocycles. The molecule has 2 amide bonds. The van der Waals surface area contributed by atoms with Crippen molar-refractivity contribution in [2.24, 2.45) is 0 Å². The average Bonchev–Trinajstić information content (AvgIpc) is 3.41. The van der Waals surface area contributed by atoms with Crippen molar-refractivity contribution in [1.29, 1.82) is 0 Å². The Morgan fingerprint density at radius 2 is 1.96 bits per heavy atom. The monoisotopic (exact) mass is 311 g/mol. The van der Waals surface area contributed by atoms with Crippen molar-refractivity contribution < 1.29 is 4.79 Å². The van der Waals surface area contributed by atoms with Crippen molar-refractivity contribution in [1.82, 2.24) is 14.9 Å². The summed E-state index contributed by atoms with van der Waals surface area (Å²) in [5.74, 6) is 1.17. The second-order valence-corrected chi connectivity index (χ2v) is 5.81. The summed E-state index contributed by atoms with van der Waals surface area (Å²) in [4.78, 5) is 22.3. The highest BCUT2D eigenvalue weighted by atomic mass is 16.2. The van der Waals surface area contributed by atoms with Gasteiger partial charge in [0.1, 0.15) is 0 Å². The number of benzene rings is 1. The van der Waals surface area contributed by atoms with Gasteiger partial charge in [0.25, 0.3) is 0 Å². The topological polar surface area (TPSA) is 70.2 Å². The Hall–Kier alpha value is -2.63. The summed E-state index contributed by atoms with van der Waals surface area (Å²) in [5.41, 5.74) is 3.03. The second-order valence-electron chi connectivity index (χ2n) is 5.81. The van der Waals surface area contributed by atoms with Gasteiger partial charge in [0.05, 0.1) is 6.54 Å². The largest absolute Gasteiger partial charge is 0.357 e. The first-order valence-corrected chi connectivity index (χ1v) is 7.77. The van der Waals surface area contributed by atoms with Crippen LogP contribution in [0.5, 0.6) is 0 Å². The lowest BCUT2D eigenvalue weighted by Crippen LogP contribution is -2.31. The SMILES string of the molecule is CNc1ncc(CN(C)C(=O)Nc2ccccc2C2CC2)cn1. The van der Waals surface area contributed by atoms with Gasteiger partial charge in [-0.1, -0.05) is 18.2 Å². The molecule has 1 aromatic carbocycles. The van der Waals surface area contributed by atoms with Gasteiger partial charge in [-0.2, -0.15) is 0 Å². The number of nitrogens with one attached hydrogen (secondary N) is 2. The normalized spacial score (nSPS) is 13.5. The number of carbonyl (C=O) groups is 1. The molecule has 6 heteroatoms. The summed E-state index contributed by atoms with van der Waals surface area (Å²) in [6.07, 6.45) is 5.86. The van der Waals surface area contributed by atoms with Gasteiger partial charge in [-0.3, -0.25) is 0 Å². The van der Waals surface area contributed by atoms with Crippen molar-refractivity contribution in [3.8, 4) is 0 Å². The first kappa shape index (κ1) is 15.3. The molecular weight excluding hydrogens is 290 g/mol. The van der Waals surface area contributed by atoms with Crippen LogP contribution in [-0.2, 0) is 6.54 Å². The third kappa shape index (κ3) is 3.77. The summed E-state index contributed by atoms with van der Waals surface area (Å²) in [6.45, 7) is 0.460. The molecule has 3 rings (SSSR count). The smallest absolute Gasteiger partial charge is 0.321 e. The minimum absolute atomic E-state index is 0.129. The maximum Gasteiger partial charge on any atom is 0.321 e. The lowest BCUT2D eigenvalue weighted by atomic mass is 10.1. The predicted molar refractivity (Wildman–Crippen MR) is 90.5 cm³/mol. The van der Waals surface area contributed by atoms with Gasteiger partial charge in [-0.15, -0.1) is 0 Å². The third-order valence-corrected chi connectivity index (χ3v) is 3.91. The van der Waals surface area contributed by atoms with Gasteiger partial charge in [0.2, 0.25) is 5.95 Å². The molecule has 1 aromatic heterocycles. The van der Waals surface area contributed by atoms with Crippen LogP contribution in [0.25, 0.3) is 0 Å². The fourth-order valence-corrected chi connectivity index (χ4v) is 2.48. The van der Waals surface area contributed by atoms with Crippen LogP contribution in [0.1, 0.15) is 29.9 Å². The molecule has 0 radical (unpaired) electrons. The van der Waals surface area contributed by atoms with Crippen molar-refractivity contribution in [3.05, 3.63) is 47.8 Å². The number of nitrogens with zero attached hydrogens (tertiary/aromatic N) is 3. The molecule has 0 unspecified atom stereocenters. The van der Waals surface area contributed by atoms with E-state index in [9.17, 15) is 4.79 Å². The molecule has 6 nitrogen and oxygen atoms in total. The first-order chi connectivity index (χ1) is 11.2. The van der Waals surface area contributed by atoms with E-state index in [-0.39, 0.29) is 6.03 Å². The number of amides is 2. The number of para-hydroxylation sites is 1. The Labute approximate surface area is 135 Å². The quantitative estimate of drug-likeness (QED) is 0.890. The number of aromatic nitrogens is 2. The van der Waals surface area contributed by atoms with E-state index in [1.54, 1.807) is 31.4 Å². The molecule has 1 fully saturated rings. The van der Waals surface area contributed by atoms with Gasteiger partial charge < -0.3 is 15.5 Å². The molecule has 1 aliphatic carbocycles. The average molecular weight is 311 g/mol. The number of rotatable bonds is 5. The highest BCUT2D eigenvalue weighted by molar-refractivity contribution is 5.90. The standard InChI is InChI=1S/C17H21N5O/c1-18-16-19-9-12(10-20-16)11-22(2)17(23)21-15-6-4-3-5-14(15)13-7-8-13/h3-6,9-10,13H,7-8,11H2,1-2H3,(H,21,23)(H,18,19,20). The number of anilines is 2. The van der Waals surface area contributed by atoms with Crippen LogP contribution in [0.2, 0.25) is 0 Å². The molecule has 23 heavy (non-hydrogen) atoms. The second kappa shape index (κ2) is 6.64. The maximum absolute atomic E-state index is 12.4. The summed E-state index contributed by atoms with van der Waals surface area (Å²) in [6, 6.07) is 7.90. The van der Waals surface area contributed by atoms with Crippen molar-refractivity contribution >= 4 is 17.7 Å². The van der Waals surface area contributed by atoms with Crippen molar-refractivity contribution in [3.63, 3.8) is 0 Å². The van der Waals surface area contributed by atoms with E-state index in [0.29, 0.717) is 18.4 Å². The molecule has 1 aliphatic rings. The van der Waals surface area contributed by atoms with E-state index >= 15 is 0 Å². The summed E-state index contributed by atoms with van der Waals surface area (Å²) in [5, 5.41) is 5.88. The number of hydrogen-bond acceptors (Lipinski definition) is 4. The number of carbonyl (C=O) groups excluding carboxylic acids is 1. The van der Waals surface area contributed by atoms with Gasteiger partial charge in [-0.05, 0) is 30.4 Å². The highest BCUT2D eigenvalue weighted by Crippen LogP contribution is 2.43. The minimum Gasteiger partial charge on any atom is -0.357 e. The Morgan fingerprint density at radius 3 is 2.61 bits per heavy atom. The molecule has 120 valence electrons. The predicted octanol–water partition coefficient (Wildman–Crippen LogP) is 3.06. The third-order valence-electron chi connectivity index (χ3n) is 3.91. The van der Waals surface area contributed by atoms with E-state index in [4.69, 9.17) is 0 Å². The summed E-state index contributed by atoms with van der Waals surface area (Å²) >= 11 is 0. The molecular formula is C17H21N5O. The molecule has 1 heterocycles. The molecule has 0 bridgehead atoms. The van der Waals surface area contributed by atoms with E-state index in [1.807, 2.05) is 18.2 Å². The lowest BCUT2D eigenvalue weighted by Gasteiger charge is -2.19. The Balaban J connectivity index is 1.63. The Morgan fingerprint density at radius 1 is 1.26 bits per heavy atom. The van der Waals surface area contributed by atoms with Gasteiger partial charge >= 0.3 is 6.03 Å². The molecule has 2 N–H and O–H groups in total. The van der Waals surface area contributed by atoms with Gasteiger partial charge in [0.15, 0.2) is 0 Å². The maximum atomic E-state index is 12.4. The van der Waals surface area contributed by atoms with Crippen LogP contribution in [-0.4, -0.2) is 35.0 Å². The fraction of sp³-hybridized carbons (Fsp3) is 0.353. The highest BCUT2D eigenvalue weighted by Gasteiger charge is 2.26. The van der Waals surface area contributed by atoms with E-state index < -0.39 is 0 Å². The zero-order valence-electron chi connectivity index (χ0n) is 13.4. The van der Waals surface area contributed by atoms with Crippen molar-refractivity contribution in [2.75, 3.05) is 24.7 Å². The van der Waals surface area contributed by atoms with Crippen LogP contribution < -0.4 is 10.6 Å².